The summed E-state index contributed by atoms with van der Waals surface area (Å²) >= 11 is 6.62. The highest BCUT2D eigenvalue weighted by Gasteiger charge is 2.79. The molecule has 6 rings (SSSR count). The zero-order chi connectivity index (χ0) is 32.6. The van der Waals surface area contributed by atoms with Crippen LogP contribution in [0, 0.1) is 11.8 Å². The summed E-state index contributed by atoms with van der Waals surface area (Å²) in [4.78, 5) is 49.2. The second kappa shape index (κ2) is 12.5. The molecule has 3 heterocycles. The van der Waals surface area contributed by atoms with Crippen molar-refractivity contribution < 1.29 is 24.2 Å². The van der Waals surface area contributed by atoms with Gasteiger partial charge in [0.2, 0.25) is 11.8 Å². The molecule has 9 heteroatoms. The van der Waals surface area contributed by atoms with Crippen molar-refractivity contribution in [1.29, 1.82) is 0 Å². The minimum Gasteiger partial charge on any atom is -0.394 e. The summed E-state index contributed by atoms with van der Waals surface area (Å²) in [6.07, 6.45) is 4.12. The van der Waals surface area contributed by atoms with Crippen molar-refractivity contribution in [2.24, 2.45) is 11.8 Å². The van der Waals surface area contributed by atoms with Crippen LogP contribution in [0.15, 0.2) is 110 Å². The van der Waals surface area contributed by atoms with E-state index in [2.05, 4.69) is 13.2 Å². The zero-order valence-corrected chi connectivity index (χ0v) is 26.6. The topological polar surface area (TPSA) is 90.4 Å². The minimum absolute atomic E-state index is 0.123. The number of aliphatic hydroxyl groups excluding tert-OH is 1. The molecule has 2 unspecified atom stereocenters. The van der Waals surface area contributed by atoms with E-state index in [1.807, 2.05) is 67.6 Å². The Bertz CT molecular complexity index is 1650. The van der Waals surface area contributed by atoms with Gasteiger partial charge in [0.25, 0.3) is 5.91 Å². The van der Waals surface area contributed by atoms with Crippen LogP contribution in [0.4, 0.5) is 11.4 Å². The highest BCUT2D eigenvalue weighted by Crippen LogP contribution is 2.64. The number of halogens is 1. The Hall–Kier alpha value is -4.24. The Kier molecular flexibility index (Phi) is 8.63. The van der Waals surface area contributed by atoms with Gasteiger partial charge in [0.05, 0.1) is 40.8 Å². The SMILES string of the molecule is C=CCN(C(=O)[C@@H]1[C@H]2C(=O)N([C@H](CO)c3ccccc3)C(C(=O)N(CC=C)c3ccccc3Cl)C23CC[C@@]1(C)O3)c1ccccc1. The molecular weight excluding hydrogens is 602 g/mol. The molecule has 3 saturated heterocycles. The molecule has 2 bridgehead atoms. The van der Waals surface area contributed by atoms with Crippen LogP contribution >= 0.6 is 11.6 Å². The van der Waals surface area contributed by atoms with Crippen molar-refractivity contribution in [2.45, 2.75) is 43.1 Å². The fraction of sp³-hybridized carbons (Fsp3) is 0.324. The maximum Gasteiger partial charge on any atom is 0.253 e. The molecule has 1 spiro atoms. The largest absolute Gasteiger partial charge is 0.394 e. The average Bonchev–Trinajstić information content (AvgIpc) is 3.64. The maximum absolute atomic E-state index is 15.0. The van der Waals surface area contributed by atoms with Gasteiger partial charge in [-0.15, -0.1) is 13.2 Å². The van der Waals surface area contributed by atoms with Crippen molar-refractivity contribution in [3.8, 4) is 0 Å². The van der Waals surface area contributed by atoms with Crippen LogP contribution < -0.4 is 9.80 Å². The first-order valence-electron chi connectivity index (χ1n) is 15.5. The van der Waals surface area contributed by atoms with E-state index in [0.29, 0.717) is 34.8 Å². The first-order chi connectivity index (χ1) is 22.2. The number of hydrogen-bond donors (Lipinski definition) is 1. The van der Waals surface area contributed by atoms with E-state index in [0.717, 1.165) is 0 Å². The number of nitrogens with zero attached hydrogens (tertiary/aromatic N) is 3. The smallest absolute Gasteiger partial charge is 0.253 e. The molecule has 3 fully saturated rings. The van der Waals surface area contributed by atoms with Crippen molar-refractivity contribution in [3.63, 3.8) is 0 Å². The molecule has 3 amide bonds. The number of carbonyl (C=O) groups is 3. The molecule has 3 aliphatic heterocycles. The molecular formula is C37H38ClN3O5. The van der Waals surface area contributed by atoms with Gasteiger partial charge >= 0.3 is 0 Å². The number of hydrogen-bond acceptors (Lipinski definition) is 5. The number of benzene rings is 3. The molecule has 0 saturated carbocycles. The summed E-state index contributed by atoms with van der Waals surface area (Å²) in [5.74, 6) is -2.92. The maximum atomic E-state index is 15.0. The number of amides is 3. The van der Waals surface area contributed by atoms with Crippen LogP contribution in [-0.4, -0.2) is 64.7 Å². The predicted molar refractivity (Wildman–Crippen MR) is 178 cm³/mol. The normalized spacial score (nSPS) is 26.8. The zero-order valence-electron chi connectivity index (χ0n) is 25.8. The van der Waals surface area contributed by atoms with Gasteiger partial charge in [0, 0.05) is 18.8 Å². The fourth-order valence-corrected chi connectivity index (χ4v) is 8.10. The summed E-state index contributed by atoms with van der Waals surface area (Å²) in [5, 5.41) is 11.2. The van der Waals surface area contributed by atoms with Gasteiger partial charge in [-0.1, -0.05) is 84.4 Å². The number of anilines is 2. The molecule has 0 aliphatic carbocycles. The van der Waals surface area contributed by atoms with E-state index in [9.17, 15) is 14.7 Å². The Labute approximate surface area is 274 Å². The molecule has 3 aromatic rings. The number of para-hydroxylation sites is 2. The summed E-state index contributed by atoms with van der Waals surface area (Å²) in [6.45, 7) is 9.54. The summed E-state index contributed by atoms with van der Waals surface area (Å²) in [5.41, 5.74) is -0.499. The second-order valence-electron chi connectivity index (χ2n) is 12.3. The number of carbonyl (C=O) groups excluding carboxylic acids is 3. The third kappa shape index (κ3) is 4.96. The lowest BCUT2D eigenvalue weighted by molar-refractivity contribution is -0.148. The lowest BCUT2D eigenvalue weighted by Gasteiger charge is -2.39. The monoisotopic (exact) mass is 639 g/mol. The highest BCUT2D eigenvalue weighted by atomic mass is 35.5. The number of aliphatic hydroxyl groups is 1. The Morgan fingerprint density at radius 2 is 1.57 bits per heavy atom. The van der Waals surface area contributed by atoms with E-state index in [4.69, 9.17) is 16.3 Å². The standard InChI is InChI=1S/C37H38ClN3O5/c1-4-22-39(26-16-10-7-11-17-26)33(43)30-31-34(44)41(29(24-42)25-14-8-6-9-15-25)32(37(31)21-20-36(30,3)46-37)35(45)40(23-5-2)28-19-13-12-18-27(28)38/h4-19,29-32,42H,1-2,20-24H2,3H3/t29-,30+,31+,32?,36-,37?/m1/s1. The van der Waals surface area contributed by atoms with E-state index in [-0.39, 0.29) is 19.0 Å². The second-order valence-corrected chi connectivity index (χ2v) is 12.8. The van der Waals surface area contributed by atoms with Crippen LogP contribution in [-0.2, 0) is 19.1 Å². The molecule has 3 aromatic carbocycles. The van der Waals surface area contributed by atoms with E-state index < -0.39 is 53.5 Å². The van der Waals surface area contributed by atoms with Gasteiger partial charge in [-0.3, -0.25) is 14.4 Å². The number of ether oxygens (including phenoxy) is 1. The van der Waals surface area contributed by atoms with Crippen LogP contribution in [0.3, 0.4) is 0 Å². The molecule has 3 aliphatic rings. The third-order valence-electron chi connectivity index (χ3n) is 9.77. The van der Waals surface area contributed by atoms with E-state index in [1.54, 1.807) is 41.3 Å². The Balaban J connectivity index is 1.51. The molecule has 0 aromatic heterocycles. The minimum atomic E-state index is -1.32. The van der Waals surface area contributed by atoms with Crippen LogP contribution in [0.5, 0.6) is 0 Å². The Morgan fingerprint density at radius 1 is 0.957 bits per heavy atom. The van der Waals surface area contributed by atoms with Crippen molar-refractivity contribution in [1.82, 2.24) is 4.90 Å². The van der Waals surface area contributed by atoms with E-state index >= 15 is 4.79 Å². The quantitative estimate of drug-likeness (QED) is 0.277. The van der Waals surface area contributed by atoms with Crippen LogP contribution in [0.1, 0.15) is 31.4 Å². The van der Waals surface area contributed by atoms with E-state index in [1.165, 1.54) is 9.80 Å². The van der Waals surface area contributed by atoms with Gasteiger partial charge in [-0.2, -0.15) is 0 Å². The van der Waals surface area contributed by atoms with Crippen molar-refractivity contribution >= 4 is 40.7 Å². The van der Waals surface area contributed by atoms with Crippen molar-refractivity contribution in [3.05, 3.63) is 121 Å². The molecule has 8 nitrogen and oxygen atoms in total. The predicted octanol–water partition coefficient (Wildman–Crippen LogP) is 5.58. The first kappa shape index (κ1) is 31.7. The molecule has 238 valence electrons. The highest BCUT2D eigenvalue weighted by molar-refractivity contribution is 6.34. The van der Waals surface area contributed by atoms with Crippen LogP contribution in [0.25, 0.3) is 0 Å². The van der Waals surface area contributed by atoms with Gasteiger partial charge in [0.1, 0.15) is 11.6 Å². The van der Waals surface area contributed by atoms with Gasteiger partial charge in [0.15, 0.2) is 0 Å². The first-order valence-corrected chi connectivity index (χ1v) is 15.9. The molecule has 46 heavy (non-hydrogen) atoms. The summed E-state index contributed by atoms with van der Waals surface area (Å²) in [7, 11) is 0. The number of likely N-dealkylation sites (tertiary alicyclic amines) is 1. The van der Waals surface area contributed by atoms with Gasteiger partial charge in [-0.05, 0) is 49.6 Å². The number of fused-ring (bicyclic) bond motifs is 1. The lowest BCUT2D eigenvalue weighted by Crippen LogP contribution is -2.57. The fourth-order valence-electron chi connectivity index (χ4n) is 7.87. The molecule has 0 radical (unpaired) electrons. The average molecular weight is 640 g/mol. The number of rotatable bonds is 11. The van der Waals surface area contributed by atoms with Crippen LogP contribution in [0.2, 0.25) is 5.02 Å². The van der Waals surface area contributed by atoms with Gasteiger partial charge < -0.3 is 24.5 Å². The third-order valence-corrected chi connectivity index (χ3v) is 10.1. The summed E-state index contributed by atoms with van der Waals surface area (Å²) < 4.78 is 6.90. The molecule has 6 atom stereocenters. The lowest BCUT2D eigenvalue weighted by atomic mass is 9.66. The van der Waals surface area contributed by atoms with Gasteiger partial charge in [-0.25, -0.2) is 0 Å². The summed E-state index contributed by atoms with van der Waals surface area (Å²) in [6, 6.07) is 23.4. The van der Waals surface area contributed by atoms with Crippen molar-refractivity contribution in [2.75, 3.05) is 29.5 Å². The molecule has 1 N–H and O–H groups in total. The Morgan fingerprint density at radius 3 is 2.20 bits per heavy atom.